The van der Waals surface area contributed by atoms with Crippen LogP contribution in [0, 0.1) is 17.8 Å². The van der Waals surface area contributed by atoms with Gasteiger partial charge in [0, 0.05) is 6.54 Å². The molecule has 15 heavy (non-hydrogen) atoms. The molecule has 2 rings (SSSR count). The van der Waals surface area contributed by atoms with Gasteiger partial charge in [-0.3, -0.25) is 9.59 Å². The van der Waals surface area contributed by atoms with Crippen LogP contribution in [0.4, 0.5) is 0 Å². The molecule has 3 atom stereocenters. The number of fused-ring (bicyclic) bond motifs is 1. The normalized spacial score (nSPS) is 34.5. The predicted octanol–water partition coefficient (Wildman–Crippen LogP) is 0.712. The molecule has 0 aromatic rings. The number of carbonyl (C=O) groups is 2. The Balaban J connectivity index is 2.11. The van der Waals surface area contributed by atoms with Gasteiger partial charge in [0.15, 0.2) is 0 Å². The lowest BCUT2D eigenvalue weighted by Crippen LogP contribution is -2.49. The number of hydrogen-bond acceptors (Lipinski definition) is 3. The summed E-state index contributed by atoms with van der Waals surface area (Å²) in [5, 5.41) is 2.80. The van der Waals surface area contributed by atoms with Crippen molar-refractivity contribution in [3.8, 4) is 0 Å². The fraction of sp³-hybridized carbons (Fsp3) is 0.818. The van der Waals surface area contributed by atoms with Gasteiger partial charge in [-0.1, -0.05) is 6.42 Å². The van der Waals surface area contributed by atoms with Gasteiger partial charge in [0.2, 0.25) is 5.91 Å². The molecule has 4 heteroatoms. The first-order valence-corrected chi connectivity index (χ1v) is 5.68. The zero-order valence-corrected chi connectivity index (χ0v) is 8.99. The van der Waals surface area contributed by atoms with Crippen LogP contribution < -0.4 is 5.32 Å². The van der Waals surface area contributed by atoms with Crippen molar-refractivity contribution >= 4 is 11.9 Å². The second kappa shape index (κ2) is 4.21. The maximum Gasteiger partial charge on any atom is 0.318 e. The highest BCUT2D eigenvalue weighted by atomic mass is 16.5. The molecule has 2 fully saturated rings. The molecular weight excluding hydrogens is 194 g/mol. The lowest BCUT2D eigenvalue weighted by Gasteiger charge is -2.31. The Bertz CT molecular complexity index is 277. The lowest BCUT2D eigenvalue weighted by atomic mass is 9.80. The van der Waals surface area contributed by atoms with Gasteiger partial charge in [-0.05, 0) is 31.6 Å². The first-order valence-electron chi connectivity index (χ1n) is 5.68. The highest BCUT2D eigenvalue weighted by Crippen LogP contribution is 2.39. The van der Waals surface area contributed by atoms with Crippen molar-refractivity contribution in [2.75, 3.05) is 13.2 Å². The molecule has 0 aromatic carbocycles. The van der Waals surface area contributed by atoms with Gasteiger partial charge in [-0.2, -0.15) is 0 Å². The van der Waals surface area contributed by atoms with Crippen molar-refractivity contribution in [1.82, 2.24) is 5.32 Å². The number of ether oxygens (including phenoxy) is 1. The van der Waals surface area contributed by atoms with Crippen molar-refractivity contribution in [3.05, 3.63) is 0 Å². The monoisotopic (exact) mass is 211 g/mol. The largest absolute Gasteiger partial charge is 0.465 e. The minimum atomic E-state index is -0.550. The number of piperidine rings is 1. The van der Waals surface area contributed by atoms with Gasteiger partial charge >= 0.3 is 5.97 Å². The molecule has 1 heterocycles. The van der Waals surface area contributed by atoms with Crippen LogP contribution in [-0.2, 0) is 14.3 Å². The van der Waals surface area contributed by atoms with Gasteiger partial charge in [-0.15, -0.1) is 0 Å². The summed E-state index contributed by atoms with van der Waals surface area (Å²) in [4.78, 5) is 23.3. The Morgan fingerprint density at radius 1 is 1.53 bits per heavy atom. The Morgan fingerprint density at radius 3 is 3.07 bits per heavy atom. The Labute approximate surface area is 89.4 Å². The highest BCUT2D eigenvalue weighted by Gasteiger charge is 2.45. The number of rotatable bonds is 2. The smallest absolute Gasteiger partial charge is 0.318 e. The van der Waals surface area contributed by atoms with Crippen LogP contribution in [-0.4, -0.2) is 25.0 Å². The second-order valence-electron chi connectivity index (χ2n) is 4.33. The SMILES string of the molecule is CCOC(=O)C1C(=O)NCC2CCC[C@@H]21. The van der Waals surface area contributed by atoms with E-state index in [4.69, 9.17) is 4.74 Å². The molecule has 0 radical (unpaired) electrons. The summed E-state index contributed by atoms with van der Waals surface area (Å²) in [7, 11) is 0. The third-order valence-electron chi connectivity index (χ3n) is 3.51. The van der Waals surface area contributed by atoms with E-state index in [0.29, 0.717) is 12.5 Å². The Kier molecular flexibility index (Phi) is 2.93. The molecule has 1 aliphatic carbocycles. The molecular formula is C11H17NO3. The summed E-state index contributed by atoms with van der Waals surface area (Å²) in [6, 6.07) is 0. The van der Waals surface area contributed by atoms with Gasteiger partial charge in [0.25, 0.3) is 0 Å². The fourth-order valence-corrected chi connectivity index (χ4v) is 2.81. The highest BCUT2D eigenvalue weighted by molar-refractivity contribution is 5.98. The van der Waals surface area contributed by atoms with E-state index in [0.717, 1.165) is 25.8 Å². The van der Waals surface area contributed by atoms with Crippen molar-refractivity contribution in [1.29, 1.82) is 0 Å². The van der Waals surface area contributed by atoms with Gasteiger partial charge in [0.1, 0.15) is 5.92 Å². The molecule has 2 aliphatic rings. The average Bonchev–Trinajstić information content (AvgIpc) is 2.65. The summed E-state index contributed by atoms with van der Waals surface area (Å²) in [6.45, 7) is 2.85. The summed E-state index contributed by atoms with van der Waals surface area (Å²) < 4.78 is 4.96. The third kappa shape index (κ3) is 1.85. The number of carbonyl (C=O) groups excluding carboxylic acids is 2. The van der Waals surface area contributed by atoms with E-state index >= 15 is 0 Å². The van der Waals surface area contributed by atoms with Crippen LogP contribution in [0.25, 0.3) is 0 Å². The van der Waals surface area contributed by atoms with Crippen LogP contribution in [0.1, 0.15) is 26.2 Å². The molecule has 0 spiro atoms. The van der Waals surface area contributed by atoms with E-state index in [1.807, 2.05) is 0 Å². The quantitative estimate of drug-likeness (QED) is 0.540. The number of esters is 1. The molecule has 2 unspecified atom stereocenters. The molecule has 0 bridgehead atoms. The van der Waals surface area contributed by atoms with E-state index in [9.17, 15) is 9.59 Å². The van der Waals surface area contributed by atoms with Crippen LogP contribution in [0.2, 0.25) is 0 Å². The summed E-state index contributed by atoms with van der Waals surface area (Å²) >= 11 is 0. The first kappa shape index (κ1) is 10.5. The average molecular weight is 211 g/mol. The standard InChI is InChI=1S/C11H17NO3/c1-2-15-11(14)9-8-5-3-4-7(8)6-12-10(9)13/h7-9H,2-6H2,1H3,(H,12,13)/t7?,8-,9?/m0/s1. The van der Waals surface area contributed by atoms with Crippen LogP contribution in [0.3, 0.4) is 0 Å². The number of amides is 1. The summed E-state index contributed by atoms with van der Waals surface area (Å²) in [5.41, 5.74) is 0. The lowest BCUT2D eigenvalue weighted by molar-refractivity contribution is -0.156. The molecule has 1 saturated carbocycles. The zero-order chi connectivity index (χ0) is 10.8. The van der Waals surface area contributed by atoms with Crippen LogP contribution in [0.5, 0.6) is 0 Å². The van der Waals surface area contributed by atoms with Gasteiger partial charge in [-0.25, -0.2) is 0 Å². The van der Waals surface area contributed by atoms with Crippen molar-refractivity contribution in [2.45, 2.75) is 26.2 Å². The van der Waals surface area contributed by atoms with Crippen molar-refractivity contribution in [2.24, 2.45) is 17.8 Å². The zero-order valence-electron chi connectivity index (χ0n) is 8.99. The fourth-order valence-electron chi connectivity index (χ4n) is 2.81. The Morgan fingerprint density at radius 2 is 2.33 bits per heavy atom. The summed E-state index contributed by atoms with van der Waals surface area (Å²) in [6.07, 6.45) is 3.24. The first-order chi connectivity index (χ1) is 7.24. The van der Waals surface area contributed by atoms with Crippen LogP contribution >= 0.6 is 0 Å². The second-order valence-corrected chi connectivity index (χ2v) is 4.33. The van der Waals surface area contributed by atoms with Crippen molar-refractivity contribution < 1.29 is 14.3 Å². The third-order valence-corrected chi connectivity index (χ3v) is 3.51. The maximum absolute atomic E-state index is 11.7. The molecule has 84 valence electrons. The molecule has 1 aliphatic heterocycles. The van der Waals surface area contributed by atoms with E-state index in [1.54, 1.807) is 6.92 Å². The van der Waals surface area contributed by atoms with Crippen LogP contribution in [0.15, 0.2) is 0 Å². The maximum atomic E-state index is 11.7. The van der Waals surface area contributed by atoms with E-state index < -0.39 is 5.92 Å². The molecule has 1 amide bonds. The molecule has 1 saturated heterocycles. The summed E-state index contributed by atoms with van der Waals surface area (Å²) in [5.74, 6) is -0.329. The Hall–Kier alpha value is -1.06. The predicted molar refractivity (Wildman–Crippen MR) is 54.0 cm³/mol. The van der Waals surface area contributed by atoms with E-state index in [2.05, 4.69) is 5.32 Å². The van der Waals surface area contributed by atoms with Gasteiger partial charge < -0.3 is 10.1 Å². The van der Waals surface area contributed by atoms with Gasteiger partial charge in [0.05, 0.1) is 6.61 Å². The number of nitrogens with one attached hydrogen (secondary N) is 1. The molecule has 4 nitrogen and oxygen atoms in total. The molecule has 1 N–H and O–H groups in total. The van der Waals surface area contributed by atoms with E-state index in [-0.39, 0.29) is 17.8 Å². The topological polar surface area (TPSA) is 55.4 Å². The minimum absolute atomic E-state index is 0.142. The number of hydrogen-bond donors (Lipinski definition) is 1. The van der Waals surface area contributed by atoms with E-state index in [1.165, 1.54) is 0 Å². The minimum Gasteiger partial charge on any atom is -0.465 e. The van der Waals surface area contributed by atoms with Crippen molar-refractivity contribution in [3.63, 3.8) is 0 Å². The molecule has 0 aromatic heterocycles.